The van der Waals surface area contributed by atoms with Gasteiger partial charge in [-0.3, -0.25) is 0 Å². The van der Waals surface area contributed by atoms with Crippen molar-refractivity contribution in [2.75, 3.05) is 6.54 Å². The lowest BCUT2D eigenvalue weighted by molar-refractivity contribution is 0.590. The monoisotopic (exact) mass is 189 g/mol. The number of nitrogens with zero attached hydrogens (tertiary/aromatic N) is 2. The molecule has 74 valence electrons. The van der Waals surface area contributed by atoms with Crippen LogP contribution < -0.4 is 5.32 Å². The maximum Gasteiger partial charge on any atom is 0.0957 e. The highest BCUT2D eigenvalue weighted by Crippen LogP contribution is 2.22. The van der Waals surface area contributed by atoms with E-state index in [0.29, 0.717) is 6.04 Å². The normalized spacial score (nSPS) is 20.5. The van der Waals surface area contributed by atoms with Gasteiger partial charge in [0.05, 0.1) is 18.6 Å². The van der Waals surface area contributed by atoms with Gasteiger partial charge in [-0.15, -0.1) is 5.92 Å². The first-order chi connectivity index (χ1) is 6.92. The van der Waals surface area contributed by atoms with Crippen molar-refractivity contribution >= 4 is 0 Å². The van der Waals surface area contributed by atoms with Crippen molar-refractivity contribution in [3.8, 4) is 11.8 Å². The maximum atomic E-state index is 4.17. The molecule has 0 amide bonds. The van der Waals surface area contributed by atoms with Gasteiger partial charge in [0.2, 0.25) is 0 Å². The van der Waals surface area contributed by atoms with Gasteiger partial charge in [-0.25, -0.2) is 4.98 Å². The molecule has 1 N–H and O–H groups in total. The summed E-state index contributed by atoms with van der Waals surface area (Å²) in [6.07, 6.45) is 6.28. The minimum atomic E-state index is 0.483. The molecule has 1 aliphatic heterocycles. The van der Waals surface area contributed by atoms with Crippen molar-refractivity contribution in [2.24, 2.45) is 0 Å². The van der Waals surface area contributed by atoms with Crippen molar-refractivity contribution < 1.29 is 0 Å². The zero-order chi connectivity index (χ0) is 9.80. The van der Waals surface area contributed by atoms with E-state index in [-0.39, 0.29) is 0 Å². The highest BCUT2D eigenvalue weighted by Gasteiger charge is 2.19. The molecule has 3 heteroatoms. The predicted octanol–water partition coefficient (Wildman–Crippen LogP) is 1.33. The Bertz CT molecular complexity index is 350. The standard InChI is InChI=1S/C11H15N3/c1-2-3-7-14-9-12-8-11(14)10-5-4-6-13-10/h8-10,13H,4-7H2,1H3/t10-/m1/s1. The van der Waals surface area contributed by atoms with E-state index in [1.165, 1.54) is 18.5 Å². The van der Waals surface area contributed by atoms with Crippen molar-refractivity contribution in [1.29, 1.82) is 0 Å². The second-order valence-corrected chi connectivity index (χ2v) is 3.52. The molecular weight excluding hydrogens is 174 g/mol. The SMILES string of the molecule is CC#CCn1cncc1[C@H]1CCCN1. The summed E-state index contributed by atoms with van der Waals surface area (Å²) in [7, 11) is 0. The number of hydrogen-bond donors (Lipinski definition) is 1. The van der Waals surface area contributed by atoms with Crippen LogP contribution in [-0.4, -0.2) is 16.1 Å². The van der Waals surface area contributed by atoms with E-state index in [2.05, 4.69) is 26.7 Å². The van der Waals surface area contributed by atoms with E-state index in [1.54, 1.807) is 0 Å². The summed E-state index contributed by atoms with van der Waals surface area (Å²) >= 11 is 0. The Labute approximate surface area is 84.5 Å². The smallest absolute Gasteiger partial charge is 0.0957 e. The number of aromatic nitrogens is 2. The van der Waals surface area contributed by atoms with Gasteiger partial charge in [-0.1, -0.05) is 5.92 Å². The molecule has 1 fully saturated rings. The highest BCUT2D eigenvalue weighted by molar-refractivity contribution is 5.09. The predicted molar refractivity (Wildman–Crippen MR) is 55.7 cm³/mol. The molecule has 1 aromatic heterocycles. The summed E-state index contributed by atoms with van der Waals surface area (Å²) in [4.78, 5) is 4.17. The maximum absolute atomic E-state index is 4.17. The van der Waals surface area contributed by atoms with Crippen LogP contribution in [0.5, 0.6) is 0 Å². The number of nitrogens with one attached hydrogen (secondary N) is 1. The summed E-state index contributed by atoms with van der Waals surface area (Å²) in [6.45, 7) is 3.74. The molecule has 14 heavy (non-hydrogen) atoms. The first kappa shape index (κ1) is 9.29. The van der Waals surface area contributed by atoms with E-state index in [4.69, 9.17) is 0 Å². The number of rotatable bonds is 2. The first-order valence-electron chi connectivity index (χ1n) is 5.05. The average Bonchev–Trinajstić information content (AvgIpc) is 2.84. The average molecular weight is 189 g/mol. The molecule has 2 heterocycles. The molecule has 0 spiro atoms. The molecule has 3 nitrogen and oxygen atoms in total. The quantitative estimate of drug-likeness (QED) is 0.711. The van der Waals surface area contributed by atoms with E-state index in [0.717, 1.165) is 13.1 Å². The molecule has 1 atom stereocenters. The molecule has 1 aromatic rings. The molecule has 0 aliphatic carbocycles. The Morgan fingerprint density at radius 1 is 1.71 bits per heavy atom. The molecular formula is C11H15N3. The molecule has 0 bridgehead atoms. The van der Waals surface area contributed by atoms with Gasteiger partial charge < -0.3 is 9.88 Å². The van der Waals surface area contributed by atoms with E-state index >= 15 is 0 Å². The van der Waals surface area contributed by atoms with Gasteiger partial charge in [-0.2, -0.15) is 0 Å². The first-order valence-corrected chi connectivity index (χ1v) is 5.05. The van der Waals surface area contributed by atoms with Crippen LogP contribution in [0.2, 0.25) is 0 Å². The van der Waals surface area contributed by atoms with Crippen molar-refractivity contribution in [3.63, 3.8) is 0 Å². The molecule has 0 saturated carbocycles. The Morgan fingerprint density at radius 3 is 3.36 bits per heavy atom. The fourth-order valence-electron chi connectivity index (χ4n) is 1.85. The summed E-state index contributed by atoms with van der Waals surface area (Å²) in [5.41, 5.74) is 1.27. The van der Waals surface area contributed by atoms with Gasteiger partial charge in [0.15, 0.2) is 0 Å². The molecule has 0 unspecified atom stereocenters. The third-order valence-electron chi connectivity index (χ3n) is 2.59. The lowest BCUT2D eigenvalue weighted by atomic mass is 10.2. The molecule has 1 saturated heterocycles. The van der Waals surface area contributed by atoms with Crippen LogP contribution in [0.3, 0.4) is 0 Å². The summed E-state index contributed by atoms with van der Waals surface area (Å²) in [5, 5.41) is 3.47. The van der Waals surface area contributed by atoms with E-state index in [1.807, 2.05) is 19.4 Å². The minimum absolute atomic E-state index is 0.483. The van der Waals surface area contributed by atoms with Gasteiger partial charge in [0.1, 0.15) is 0 Å². The lowest BCUT2D eigenvalue weighted by Crippen LogP contribution is -2.16. The third kappa shape index (κ3) is 1.80. The second-order valence-electron chi connectivity index (χ2n) is 3.52. The Kier molecular flexibility index (Phi) is 2.85. The van der Waals surface area contributed by atoms with Gasteiger partial charge >= 0.3 is 0 Å². The topological polar surface area (TPSA) is 29.9 Å². The zero-order valence-electron chi connectivity index (χ0n) is 8.45. The lowest BCUT2D eigenvalue weighted by Gasteiger charge is -2.11. The van der Waals surface area contributed by atoms with Crippen LogP contribution in [0.1, 0.15) is 31.5 Å². The fourth-order valence-corrected chi connectivity index (χ4v) is 1.85. The van der Waals surface area contributed by atoms with Crippen LogP contribution in [0, 0.1) is 11.8 Å². The van der Waals surface area contributed by atoms with Crippen molar-refractivity contribution in [1.82, 2.24) is 14.9 Å². The summed E-state index contributed by atoms with van der Waals surface area (Å²) in [6, 6.07) is 0.483. The second kappa shape index (κ2) is 4.30. The van der Waals surface area contributed by atoms with Crippen LogP contribution in [0.4, 0.5) is 0 Å². The summed E-state index contributed by atoms with van der Waals surface area (Å²) < 4.78 is 2.12. The third-order valence-corrected chi connectivity index (χ3v) is 2.59. The highest BCUT2D eigenvalue weighted by atomic mass is 15.1. The number of hydrogen-bond acceptors (Lipinski definition) is 2. The van der Waals surface area contributed by atoms with Gasteiger partial charge in [0, 0.05) is 12.2 Å². The van der Waals surface area contributed by atoms with Crippen LogP contribution >= 0.6 is 0 Å². The fraction of sp³-hybridized carbons (Fsp3) is 0.545. The van der Waals surface area contributed by atoms with Crippen molar-refractivity contribution in [2.45, 2.75) is 32.4 Å². The molecule has 2 rings (SSSR count). The van der Waals surface area contributed by atoms with E-state index in [9.17, 15) is 0 Å². The van der Waals surface area contributed by atoms with E-state index < -0.39 is 0 Å². The Hall–Kier alpha value is -1.27. The van der Waals surface area contributed by atoms with Crippen LogP contribution in [0.15, 0.2) is 12.5 Å². The van der Waals surface area contributed by atoms with Gasteiger partial charge in [0.25, 0.3) is 0 Å². The Morgan fingerprint density at radius 2 is 2.64 bits per heavy atom. The minimum Gasteiger partial charge on any atom is -0.321 e. The molecule has 0 radical (unpaired) electrons. The number of imidazole rings is 1. The van der Waals surface area contributed by atoms with Gasteiger partial charge in [-0.05, 0) is 26.3 Å². The molecule has 0 aromatic carbocycles. The van der Waals surface area contributed by atoms with Crippen molar-refractivity contribution in [3.05, 3.63) is 18.2 Å². The Balaban J connectivity index is 2.14. The van der Waals surface area contributed by atoms with Crippen LogP contribution in [0.25, 0.3) is 0 Å². The largest absolute Gasteiger partial charge is 0.321 e. The zero-order valence-corrected chi connectivity index (χ0v) is 8.45. The molecule has 1 aliphatic rings. The van der Waals surface area contributed by atoms with Crippen LogP contribution in [-0.2, 0) is 6.54 Å². The summed E-state index contributed by atoms with van der Waals surface area (Å²) in [5.74, 6) is 5.96.